The normalized spacial score (nSPS) is 13.7. The van der Waals surface area contributed by atoms with Crippen molar-refractivity contribution >= 4 is 28.8 Å². The molecule has 2 aromatic carbocycles. The molecule has 0 aliphatic carbocycles. The van der Waals surface area contributed by atoms with E-state index < -0.39 is 36.5 Å². The second-order valence-electron chi connectivity index (χ2n) is 7.62. The highest BCUT2D eigenvalue weighted by atomic mass is 32.2. The quantitative estimate of drug-likeness (QED) is 0.355. The van der Waals surface area contributed by atoms with Gasteiger partial charge in [0, 0.05) is 43.7 Å². The summed E-state index contributed by atoms with van der Waals surface area (Å²) in [6, 6.07) is 14.1. The number of hydrogen-bond acceptors (Lipinski definition) is 6. The number of imidazole rings is 1. The number of aromatic nitrogens is 3. The van der Waals surface area contributed by atoms with Crippen molar-refractivity contribution in [2.45, 2.75) is 29.2 Å². The molecule has 0 radical (unpaired) electrons. The van der Waals surface area contributed by atoms with Gasteiger partial charge in [-0.05, 0) is 23.8 Å². The molecule has 34 heavy (non-hydrogen) atoms. The molecule has 0 bridgehead atoms. The van der Waals surface area contributed by atoms with Crippen molar-refractivity contribution in [3.05, 3.63) is 77.9 Å². The number of para-hydroxylation sites is 2. The van der Waals surface area contributed by atoms with Gasteiger partial charge in [-0.1, -0.05) is 42.1 Å². The molecule has 1 unspecified atom stereocenters. The number of fused-ring (bicyclic) bond motifs is 1. The van der Waals surface area contributed by atoms with Crippen LogP contribution < -0.4 is 5.32 Å². The van der Waals surface area contributed by atoms with Crippen molar-refractivity contribution in [3.63, 3.8) is 0 Å². The molecule has 0 aliphatic rings. The molecule has 0 spiro atoms. The first-order valence-electron chi connectivity index (χ1n) is 10.3. The minimum atomic E-state index is -4.97. The van der Waals surface area contributed by atoms with Crippen LogP contribution >= 0.6 is 11.8 Å². The zero-order chi connectivity index (χ0) is 24.3. The molecule has 2 aromatic heterocycles. The Hall–Kier alpha value is -3.31. The van der Waals surface area contributed by atoms with Crippen molar-refractivity contribution in [2.75, 3.05) is 6.54 Å². The van der Waals surface area contributed by atoms with Crippen molar-refractivity contribution in [1.82, 2.24) is 19.9 Å². The fourth-order valence-corrected chi connectivity index (χ4v) is 4.36. The van der Waals surface area contributed by atoms with Crippen molar-refractivity contribution in [1.29, 1.82) is 0 Å². The number of carbonyl (C=O) groups excluding carboxylic acids is 1. The van der Waals surface area contributed by atoms with Gasteiger partial charge < -0.3 is 19.4 Å². The number of halogens is 3. The van der Waals surface area contributed by atoms with E-state index in [9.17, 15) is 23.1 Å². The molecule has 4 rings (SSSR count). The van der Waals surface area contributed by atoms with Gasteiger partial charge in [0.05, 0.1) is 0 Å². The number of benzene rings is 2. The number of amides is 1. The van der Waals surface area contributed by atoms with Gasteiger partial charge in [0.2, 0.25) is 5.60 Å². The van der Waals surface area contributed by atoms with E-state index in [4.69, 9.17) is 4.42 Å². The summed E-state index contributed by atoms with van der Waals surface area (Å²) < 4.78 is 47.8. The average Bonchev–Trinajstić information content (AvgIpc) is 3.42. The van der Waals surface area contributed by atoms with Crippen LogP contribution in [0, 0.1) is 0 Å². The Kier molecular flexibility index (Phi) is 6.67. The fraction of sp³-hybridized carbons (Fsp3) is 0.261. The Balaban J connectivity index is 1.43. The summed E-state index contributed by atoms with van der Waals surface area (Å²) in [6.45, 7) is -0.408. The lowest BCUT2D eigenvalue weighted by molar-refractivity contribution is -0.272. The number of nitrogens with one attached hydrogen (secondary N) is 1. The van der Waals surface area contributed by atoms with Gasteiger partial charge in [0.25, 0.3) is 11.1 Å². The van der Waals surface area contributed by atoms with Crippen LogP contribution in [0.25, 0.3) is 11.1 Å². The Bertz CT molecular complexity index is 1270. The van der Waals surface area contributed by atoms with Crippen molar-refractivity contribution in [2.24, 2.45) is 7.05 Å². The Morgan fingerprint density at radius 2 is 1.91 bits per heavy atom. The molecule has 11 heteroatoms. The molecule has 178 valence electrons. The molecule has 2 heterocycles. The maximum atomic E-state index is 13.7. The smallest absolute Gasteiger partial charge is 0.424 e. The lowest BCUT2D eigenvalue weighted by Gasteiger charge is -2.30. The van der Waals surface area contributed by atoms with Crippen LogP contribution in [-0.2, 0) is 18.4 Å². The zero-order valence-corrected chi connectivity index (χ0v) is 18.9. The Morgan fingerprint density at radius 1 is 1.18 bits per heavy atom. The van der Waals surface area contributed by atoms with Gasteiger partial charge in [-0.25, -0.2) is 9.97 Å². The third kappa shape index (κ3) is 4.80. The number of aryl methyl sites for hydroxylation is 1. The second-order valence-corrected chi connectivity index (χ2v) is 8.55. The summed E-state index contributed by atoms with van der Waals surface area (Å²) in [4.78, 5) is 20.8. The SMILES string of the molecule is Cn1ccnc1C(O)(CCNC(=O)c1ccccc1CSc1nc2ccccc2o1)C(F)(F)F. The Morgan fingerprint density at radius 3 is 2.62 bits per heavy atom. The molecule has 1 atom stereocenters. The minimum Gasteiger partial charge on any atom is -0.431 e. The van der Waals surface area contributed by atoms with Crippen LogP contribution in [0.4, 0.5) is 13.2 Å². The van der Waals surface area contributed by atoms with Gasteiger partial charge in [-0.2, -0.15) is 13.2 Å². The summed E-state index contributed by atoms with van der Waals surface area (Å²) in [5.41, 5.74) is -0.830. The number of aliphatic hydroxyl groups is 1. The van der Waals surface area contributed by atoms with E-state index >= 15 is 0 Å². The number of rotatable bonds is 8. The van der Waals surface area contributed by atoms with E-state index in [2.05, 4.69) is 15.3 Å². The molecule has 7 nitrogen and oxygen atoms in total. The molecule has 0 aliphatic heterocycles. The minimum absolute atomic E-state index is 0.318. The topological polar surface area (TPSA) is 93.2 Å². The van der Waals surface area contributed by atoms with Crippen LogP contribution in [0.5, 0.6) is 0 Å². The Labute approximate surface area is 197 Å². The molecule has 1 amide bonds. The van der Waals surface area contributed by atoms with Crippen LogP contribution in [0.3, 0.4) is 0 Å². The highest BCUT2D eigenvalue weighted by Crippen LogP contribution is 2.40. The van der Waals surface area contributed by atoms with Gasteiger partial charge in [-0.3, -0.25) is 4.79 Å². The predicted octanol–water partition coefficient (Wildman–Crippen LogP) is 4.42. The molecule has 0 saturated carbocycles. The van der Waals surface area contributed by atoms with Gasteiger partial charge in [-0.15, -0.1) is 0 Å². The first-order valence-corrected chi connectivity index (χ1v) is 11.3. The lowest BCUT2D eigenvalue weighted by Crippen LogP contribution is -2.46. The van der Waals surface area contributed by atoms with Crippen molar-refractivity contribution in [3.8, 4) is 0 Å². The molecular weight excluding hydrogens is 469 g/mol. The second kappa shape index (κ2) is 9.51. The molecular formula is C23H21F3N4O3S. The number of oxazole rings is 1. The van der Waals surface area contributed by atoms with E-state index in [0.29, 0.717) is 27.7 Å². The first-order chi connectivity index (χ1) is 16.2. The molecule has 0 fully saturated rings. The highest BCUT2D eigenvalue weighted by Gasteiger charge is 2.57. The largest absolute Gasteiger partial charge is 0.431 e. The number of nitrogens with zero attached hydrogens (tertiary/aromatic N) is 3. The monoisotopic (exact) mass is 490 g/mol. The van der Waals surface area contributed by atoms with Gasteiger partial charge >= 0.3 is 6.18 Å². The van der Waals surface area contributed by atoms with E-state index in [1.54, 1.807) is 30.3 Å². The van der Waals surface area contributed by atoms with E-state index in [1.807, 2.05) is 18.2 Å². The number of carbonyl (C=O) groups is 1. The number of hydrogen-bond donors (Lipinski definition) is 2. The maximum absolute atomic E-state index is 13.7. The lowest BCUT2D eigenvalue weighted by atomic mass is 9.97. The molecule has 0 saturated heterocycles. The van der Waals surface area contributed by atoms with Gasteiger partial charge in [0.1, 0.15) is 11.3 Å². The highest BCUT2D eigenvalue weighted by molar-refractivity contribution is 7.98. The third-order valence-corrected chi connectivity index (χ3v) is 6.20. The zero-order valence-electron chi connectivity index (χ0n) is 18.0. The summed E-state index contributed by atoms with van der Waals surface area (Å²) >= 11 is 1.30. The van der Waals surface area contributed by atoms with Crippen molar-refractivity contribution < 1.29 is 27.5 Å². The van der Waals surface area contributed by atoms with E-state index in [0.717, 1.165) is 10.1 Å². The van der Waals surface area contributed by atoms with Gasteiger partial charge in [0.15, 0.2) is 5.58 Å². The summed E-state index contributed by atoms with van der Waals surface area (Å²) in [5.74, 6) is -0.710. The van der Waals surface area contributed by atoms with E-state index in [-0.39, 0.29) is 0 Å². The number of thioether (sulfide) groups is 1. The maximum Gasteiger partial charge on any atom is 0.424 e. The summed E-state index contributed by atoms with van der Waals surface area (Å²) in [7, 11) is 1.36. The number of alkyl halides is 3. The van der Waals surface area contributed by atoms with Crippen LogP contribution in [0.2, 0.25) is 0 Å². The van der Waals surface area contributed by atoms with Crippen LogP contribution in [0.1, 0.15) is 28.2 Å². The fourth-order valence-electron chi connectivity index (χ4n) is 3.52. The standard InChI is InChI=1S/C23H21F3N4O3S/c1-30-13-12-28-20(30)22(32,23(24,25)26)10-11-27-19(31)16-7-3-2-6-15(16)14-34-21-29-17-8-4-5-9-18(17)33-21/h2-9,12-13,32H,10-11,14H2,1H3,(H,27,31). The summed E-state index contributed by atoms with van der Waals surface area (Å²) in [6.07, 6.45) is -3.26. The average molecular weight is 491 g/mol. The van der Waals surface area contributed by atoms with E-state index in [1.165, 1.54) is 31.2 Å². The van der Waals surface area contributed by atoms with Crippen LogP contribution in [0.15, 0.2) is 70.6 Å². The first kappa shape index (κ1) is 23.8. The van der Waals surface area contributed by atoms with Crippen LogP contribution in [-0.4, -0.2) is 38.3 Å². The molecule has 2 N–H and O–H groups in total. The summed E-state index contributed by atoms with van der Waals surface area (Å²) in [5, 5.41) is 13.3. The molecule has 4 aromatic rings. The predicted molar refractivity (Wildman–Crippen MR) is 120 cm³/mol. The third-order valence-electron chi connectivity index (χ3n) is 5.32.